The maximum atomic E-state index is 12.1. The van der Waals surface area contributed by atoms with Crippen LogP contribution in [0, 0.1) is 0 Å². The van der Waals surface area contributed by atoms with E-state index in [-0.39, 0.29) is 18.9 Å². The van der Waals surface area contributed by atoms with Crippen LogP contribution in [0.5, 0.6) is 0 Å². The Labute approximate surface area is 146 Å². The third kappa shape index (κ3) is 7.45. The Bertz CT molecular complexity index is 610. The Hall–Kier alpha value is -1.40. The summed E-state index contributed by atoms with van der Waals surface area (Å²) in [5, 5.41) is 2.82. The molecule has 0 spiro atoms. The van der Waals surface area contributed by atoms with Gasteiger partial charge in [0.25, 0.3) is 0 Å². The fourth-order valence-corrected chi connectivity index (χ4v) is 3.27. The highest BCUT2D eigenvalue weighted by Crippen LogP contribution is 2.17. The van der Waals surface area contributed by atoms with E-state index in [1.807, 2.05) is 24.3 Å². The molecule has 0 unspecified atom stereocenters. The van der Waals surface area contributed by atoms with Gasteiger partial charge in [-0.05, 0) is 30.0 Å². The Kier molecular flexibility index (Phi) is 8.42. The van der Waals surface area contributed by atoms with Gasteiger partial charge in [-0.2, -0.15) is 0 Å². The summed E-state index contributed by atoms with van der Waals surface area (Å²) in [5.74, 6) is 0.276. The molecule has 1 aromatic rings. The highest BCUT2D eigenvalue weighted by molar-refractivity contribution is 7.88. The fraction of sp³-hybridized carbons (Fsp3) is 0.611. The summed E-state index contributed by atoms with van der Waals surface area (Å²) in [5.41, 5.74) is 1.95. The van der Waals surface area contributed by atoms with E-state index in [4.69, 9.17) is 0 Å². The molecule has 0 radical (unpaired) electrons. The van der Waals surface area contributed by atoms with E-state index >= 15 is 0 Å². The predicted molar refractivity (Wildman–Crippen MR) is 99.7 cm³/mol. The second kappa shape index (κ2) is 9.79. The summed E-state index contributed by atoms with van der Waals surface area (Å²) < 4.78 is 25.0. The lowest BCUT2D eigenvalue weighted by atomic mass is 10.0. The molecule has 1 aromatic carbocycles. The molecule has 0 aliphatic rings. The minimum Gasteiger partial charge on any atom is -0.326 e. The fourth-order valence-electron chi connectivity index (χ4n) is 2.38. The molecule has 0 bridgehead atoms. The number of sulfonamides is 1. The van der Waals surface area contributed by atoms with Gasteiger partial charge in [0, 0.05) is 25.2 Å². The Morgan fingerprint density at radius 3 is 2.25 bits per heavy atom. The predicted octanol–water partition coefficient (Wildman–Crippen LogP) is 3.59. The molecule has 1 rings (SSSR count). The summed E-state index contributed by atoms with van der Waals surface area (Å²) in [7, 11) is -3.28. The molecule has 0 aromatic heterocycles. The molecule has 1 N–H and O–H groups in total. The van der Waals surface area contributed by atoms with Crippen LogP contribution in [0.15, 0.2) is 24.3 Å². The minimum atomic E-state index is -3.28. The first-order chi connectivity index (χ1) is 11.2. The number of carbonyl (C=O) groups excluding carboxylic acids is 1. The zero-order valence-corrected chi connectivity index (χ0v) is 16.0. The molecule has 0 aliphatic carbocycles. The third-order valence-electron chi connectivity index (χ3n) is 3.93. The summed E-state index contributed by atoms with van der Waals surface area (Å²) in [6, 6.07) is 7.74. The molecule has 136 valence electrons. The quantitative estimate of drug-likeness (QED) is 0.653. The maximum Gasteiger partial charge on any atom is 0.225 e. The Morgan fingerprint density at radius 1 is 1.12 bits per heavy atom. The van der Waals surface area contributed by atoms with Gasteiger partial charge in [0.05, 0.1) is 6.26 Å². The standard InChI is InChI=1S/C18H30N2O3S/c1-5-6-7-13-20(24(4,22)23)14-12-18(21)19-17-10-8-16(9-11-17)15(2)3/h8-11,15H,5-7,12-14H2,1-4H3,(H,19,21). The van der Waals surface area contributed by atoms with Gasteiger partial charge in [-0.15, -0.1) is 0 Å². The van der Waals surface area contributed by atoms with Crippen LogP contribution in [0.4, 0.5) is 5.69 Å². The molecule has 0 heterocycles. The second-order valence-corrected chi connectivity index (χ2v) is 8.43. The van der Waals surface area contributed by atoms with E-state index in [9.17, 15) is 13.2 Å². The van der Waals surface area contributed by atoms with Crippen molar-refractivity contribution < 1.29 is 13.2 Å². The van der Waals surface area contributed by atoms with Gasteiger partial charge in [0.2, 0.25) is 15.9 Å². The van der Waals surface area contributed by atoms with Crippen LogP contribution in [0.3, 0.4) is 0 Å². The van der Waals surface area contributed by atoms with E-state index in [1.54, 1.807) is 0 Å². The molecule has 0 fully saturated rings. The van der Waals surface area contributed by atoms with Gasteiger partial charge in [-0.3, -0.25) is 4.79 Å². The first kappa shape index (κ1) is 20.6. The highest BCUT2D eigenvalue weighted by atomic mass is 32.2. The van der Waals surface area contributed by atoms with E-state index in [1.165, 1.54) is 16.1 Å². The van der Waals surface area contributed by atoms with Crippen molar-refractivity contribution in [2.75, 3.05) is 24.7 Å². The zero-order valence-electron chi connectivity index (χ0n) is 15.2. The van der Waals surface area contributed by atoms with E-state index in [2.05, 4.69) is 26.1 Å². The molecule has 24 heavy (non-hydrogen) atoms. The number of nitrogens with zero attached hydrogens (tertiary/aromatic N) is 1. The molecular formula is C18H30N2O3S. The minimum absolute atomic E-state index is 0.158. The molecule has 6 heteroatoms. The Balaban J connectivity index is 2.53. The second-order valence-electron chi connectivity index (χ2n) is 6.44. The first-order valence-electron chi connectivity index (χ1n) is 8.59. The zero-order chi connectivity index (χ0) is 18.2. The topological polar surface area (TPSA) is 66.5 Å². The summed E-state index contributed by atoms with van der Waals surface area (Å²) in [6.45, 7) is 7.00. The average molecular weight is 355 g/mol. The number of amides is 1. The van der Waals surface area contributed by atoms with Crippen LogP contribution in [0.2, 0.25) is 0 Å². The van der Waals surface area contributed by atoms with E-state index < -0.39 is 10.0 Å². The van der Waals surface area contributed by atoms with Crippen LogP contribution in [0.25, 0.3) is 0 Å². The molecule has 1 amide bonds. The monoisotopic (exact) mass is 354 g/mol. The van der Waals surface area contributed by atoms with Crippen LogP contribution in [-0.2, 0) is 14.8 Å². The largest absolute Gasteiger partial charge is 0.326 e. The smallest absolute Gasteiger partial charge is 0.225 e. The lowest BCUT2D eigenvalue weighted by molar-refractivity contribution is -0.116. The van der Waals surface area contributed by atoms with Gasteiger partial charge in [0.15, 0.2) is 0 Å². The number of unbranched alkanes of at least 4 members (excludes halogenated alkanes) is 2. The lowest BCUT2D eigenvalue weighted by Crippen LogP contribution is -2.33. The first-order valence-corrected chi connectivity index (χ1v) is 10.4. The molecule has 0 saturated heterocycles. The van der Waals surface area contributed by atoms with Crippen molar-refractivity contribution in [3.63, 3.8) is 0 Å². The highest BCUT2D eigenvalue weighted by Gasteiger charge is 2.17. The normalized spacial score (nSPS) is 11.9. The molecular weight excluding hydrogens is 324 g/mol. The summed E-state index contributed by atoms with van der Waals surface area (Å²) in [6.07, 6.45) is 4.19. The SMILES string of the molecule is CCCCCN(CCC(=O)Nc1ccc(C(C)C)cc1)S(C)(=O)=O. The molecule has 0 saturated carbocycles. The number of hydrogen-bond donors (Lipinski definition) is 1. The summed E-state index contributed by atoms with van der Waals surface area (Å²) in [4.78, 5) is 12.1. The molecule has 0 aliphatic heterocycles. The number of hydrogen-bond acceptors (Lipinski definition) is 3. The van der Waals surface area contributed by atoms with E-state index in [0.29, 0.717) is 12.5 Å². The molecule has 5 nitrogen and oxygen atoms in total. The van der Waals surface area contributed by atoms with Crippen molar-refractivity contribution in [2.24, 2.45) is 0 Å². The van der Waals surface area contributed by atoms with Crippen molar-refractivity contribution >= 4 is 21.6 Å². The van der Waals surface area contributed by atoms with Crippen molar-refractivity contribution in [3.05, 3.63) is 29.8 Å². The number of carbonyl (C=O) groups is 1. The van der Waals surface area contributed by atoms with Crippen molar-refractivity contribution in [1.82, 2.24) is 4.31 Å². The number of rotatable bonds is 10. The summed E-state index contributed by atoms with van der Waals surface area (Å²) >= 11 is 0. The van der Waals surface area contributed by atoms with Crippen molar-refractivity contribution in [1.29, 1.82) is 0 Å². The Morgan fingerprint density at radius 2 is 1.75 bits per heavy atom. The molecule has 0 atom stereocenters. The van der Waals surface area contributed by atoms with E-state index in [0.717, 1.165) is 24.9 Å². The van der Waals surface area contributed by atoms with Crippen LogP contribution < -0.4 is 5.32 Å². The maximum absolute atomic E-state index is 12.1. The van der Waals surface area contributed by atoms with Crippen LogP contribution in [-0.4, -0.2) is 38.0 Å². The van der Waals surface area contributed by atoms with Crippen molar-refractivity contribution in [3.8, 4) is 0 Å². The number of anilines is 1. The average Bonchev–Trinajstić information content (AvgIpc) is 2.50. The van der Waals surface area contributed by atoms with Crippen LogP contribution in [0.1, 0.15) is 57.9 Å². The third-order valence-corrected chi connectivity index (χ3v) is 5.23. The van der Waals surface area contributed by atoms with Gasteiger partial charge in [-0.1, -0.05) is 45.7 Å². The van der Waals surface area contributed by atoms with Gasteiger partial charge >= 0.3 is 0 Å². The van der Waals surface area contributed by atoms with Gasteiger partial charge < -0.3 is 5.32 Å². The number of nitrogens with one attached hydrogen (secondary N) is 1. The van der Waals surface area contributed by atoms with Gasteiger partial charge in [0.1, 0.15) is 0 Å². The van der Waals surface area contributed by atoms with Gasteiger partial charge in [-0.25, -0.2) is 12.7 Å². The van der Waals surface area contributed by atoms with Crippen LogP contribution >= 0.6 is 0 Å². The number of benzene rings is 1. The lowest BCUT2D eigenvalue weighted by Gasteiger charge is -2.19. The van der Waals surface area contributed by atoms with Crippen molar-refractivity contribution in [2.45, 2.75) is 52.4 Å².